The van der Waals surface area contributed by atoms with Crippen LogP contribution >= 0.6 is 0 Å². The molecule has 0 heterocycles. The molecular formula is C17H27NO2. The fourth-order valence-electron chi connectivity index (χ4n) is 1.95. The van der Waals surface area contributed by atoms with Crippen molar-refractivity contribution in [3.8, 4) is 0 Å². The second-order valence-electron chi connectivity index (χ2n) is 7.41. The molecule has 0 saturated carbocycles. The van der Waals surface area contributed by atoms with Crippen molar-refractivity contribution in [2.75, 3.05) is 0 Å². The van der Waals surface area contributed by atoms with E-state index >= 15 is 0 Å². The maximum atomic E-state index is 11.6. The predicted molar refractivity (Wildman–Crippen MR) is 82.7 cm³/mol. The zero-order valence-electron chi connectivity index (χ0n) is 13.5. The van der Waals surface area contributed by atoms with Crippen LogP contribution in [0.5, 0.6) is 0 Å². The van der Waals surface area contributed by atoms with Crippen LogP contribution in [0.1, 0.15) is 52.7 Å². The van der Waals surface area contributed by atoms with Gasteiger partial charge in [0.25, 0.3) is 0 Å². The van der Waals surface area contributed by atoms with E-state index in [1.165, 1.54) is 5.56 Å². The molecule has 0 aliphatic rings. The Morgan fingerprint density at radius 2 is 1.70 bits per heavy atom. The molecule has 0 radical (unpaired) electrons. The van der Waals surface area contributed by atoms with Gasteiger partial charge in [0.2, 0.25) is 0 Å². The fourth-order valence-corrected chi connectivity index (χ4v) is 1.95. The van der Waals surface area contributed by atoms with Gasteiger partial charge in [0.1, 0.15) is 5.60 Å². The molecule has 112 valence electrons. The zero-order chi connectivity index (χ0) is 15.4. The summed E-state index contributed by atoms with van der Waals surface area (Å²) in [6.45, 7) is 12.7. The lowest BCUT2D eigenvalue weighted by molar-refractivity contribution is 0.0523. The molecule has 0 aliphatic heterocycles. The average Bonchev–Trinajstić information content (AvgIpc) is 2.22. The first kappa shape index (κ1) is 16.5. The van der Waals surface area contributed by atoms with Gasteiger partial charge in [-0.25, -0.2) is 4.79 Å². The van der Waals surface area contributed by atoms with Gasteiger partial charge >= 0.3 is 6.09 Å². The van der Waals surface area contributed by atoms with Gasteiger partial charge in [0, 0.05) is 6.54 Å². The third-order valence-electron chi connectivity index (χ3n) is 2.56. The van der Waals surface area contributed by atoms with Crippen LogP contribution in [0.2, 0.25) is 0 Å². The van der Waals surface area contributed by atoms with Gasteiger partial charge in [-0.15, -0.1) is 0 Å². The number of hydrogen-bond acceptors (Lipinski definition) is 2. The summed E-state index contributed by atoms with van der Waals surface area (Å²) in [4.78, 5) is 11.6. The predicted octanol–water partition coefficient (Wildman–Crippen LogP) is 4.30. The van der Waals surface area contributed by atoms with Crippen LogP contribution in [0.15, 0.2) is 24.3 Å². The Kier molecular flexibility index (Phi) is 5.21. The van der Waals surface area contributed by atoms with E-state index in [1.54, 1.807) is 0 Å². The van der Waals surface area contributed by atoms with E-state index in [4.69, 9.17) is 4.74 Å². The topological polar surface area (TPSA) is 38.3 Å². The molecule has 1 rings (SSSR count). The molecule has 1 amide bonds. The molecule has 3 heteroatoms. The standard InChI is InChI=1S/C17H27NO2/c1-16(2,3)11-13-8-7-9-14(10-13)12-18-15(19)20-17(4,5)6/h7-10H,11-12H2,1-6H3,(H,18,19). The smallest absolute Gasteiger partial charge is 0.407 e. The van der Waals surface area contributed by atoms with E-state index < -0.39 is 5.60 Å². The Balaban J connectivity index is 2.57. The summed E-state index contributed by atoms with van der Waals surface area (Å²) < 4.78 is 5.22. The number of carbonyl (C=O) groups is 1. The minimum Gasteiger partial charge on any atom is -0.444 e. The number of ether oxygens (including phenoxy) is 1. The molecule has 0 fully saturated rings. The second kappa shape index (κ2) is 6.29. The van der Waals surface area contributed by atoms with E-state index in [9.17, 15) is 4.79 Å². The van der Waals surface area contributed by atoms with Gasteiger partial charge in [-0.1, -0.05) is 45.0 Å². The summed E-state index contributed by atoms with van der Waals surface area (Å²) in [6, 6.07) is 8.32. The van der Waals surface area contributed by atoms with Gasteiger partial charge in [0.05, 0.1) is 0 Å². The normalized spacial score (nSPS) is 12.1. The van der Waals surface area contributed by atoms with Crippen molar-refractivity contribution in [3.05, 3.63) is 35.4 Å². The molecule has 0 saturated heterocycles. The Labute approximate surface area is 122 Å². The van der Waals surface area contributed by atoms with Crippen molar-refractivity contribution in [2.45, 2.75) is 60.1 Å². The lowest BCUT2D eigenvalue weighted by Crippen LogP contribution is -2.32. The minimum atomic E-state index is -0.460. The molecule has 0 aromatic heterocycles. The highest BCUT2D eigenvalue weighted by Gasteiger charge is 2.16. The van der Waals surface area contributed by atoms with Crippen molar-refractivity contribution in [1.29, 1.82) is 0 Å². The van der Waals surface area contributed by atoms with E-state index in [0.717, 1.165) is 12.0 Å². The lowest BCUT2D eigenvalue weighted by Gasteiger charge is -2.20. The fraction of sp³-hybridized carbons (Fsp3) is 0.588. The minimum absolute atomic E-state index is 0.261. The van der Waals surface area contributed by atoms with E-state index in [1.807, 2.05) is 32.9 Å². The number of nitrogens with one attached hydrogen (secondary N) is 1. The highest BCUT2D eigenvalue weighted by Crippen LogP contribution is 2.21. The molecule has 0 atom stereocenters. The average molecular weight is 277 g/mol. The quantitative estimate of drug-likeness (QED) is 0.894. The molecule has 1 aromatic carbocycles. The highest BCUT2D eigenvalue weighted by atomic mass is 16.6. The first-order chi connectivity index (χ1) is 9.05. The van der Waals surface area contributed by atoms with Crippen molar-refractivity contribution in [3.63, 3.8) is 0 Å². The molecule has 0 aliphatic carbocycles. The maximum absolute atomic E-state index is 11.6. The zero-order valence-corrected chi connectivity index (χ0v) is 13.5. The van der Waals surface area contributed by atoms with E-state index in [-0.39, 0.29) is 11.5 Å². The SMILES string of the molecule is CC(C)(C)Cc1cccc(CNC(=O)OC(C)(C)C)c1. The third kappa shape index (κ3) is 7.17. The van der Waals surface area contributed by atoms with Gasteiger partial charge in [-0.2, -0.15) is 0 Å². The number of benzene rings is 1. The van der Waals surface area contributed by atoms with Gasteiger partial charge < -0.3 is 10.1 Å². The van der Waals surface area contributed by atoms with Crippen LogP contribution in [0.4, 0.5) is 4.79 Å². The van der Waals surface area contributed by atoms with Crippen LogP contribution in [0.25, 0.3) is 0 Å². The first-order valence-corrected chi connectivity index (χ1v) is 7.10. The maximum Gasteiger partial charge on any atom is 0.407 e. The van der Waals surface area contributed by atoms with E-state index in [0.29, 0.717) is 6.54 Å². The molecule has 0 unspecified atom stereocenters. The molecular weight excluding hydrogens is 250 g/mol. The molecule has 3 nitrogen and oxygen atoms in total. The summed E-state index contributed by atoms with van der Waals surface area (Å²) in [5.41, 5.74) is 2.19. The molecule has 0 bridgehead atoms. The van der Waals surface area contributed by atoms with Crippen molar-refractivity contribution >= 4 is 6.09 Å². The molecule has 1 N–H and O–H groups in total. The summed E-state index contributed by atoms with van der Waals surface area (Å²) >= 11 is 0. The second-order valence-corrected chi connectivity index (χ2v) is 7.41. The number of amides is 1. The van der Waals surface area contributed by atoms with E-state index in [2.05, 4.69) is 38.2 Å². The Morgan fingerprint density at radius 3 is 2.25 bits per heavy atom. The number of hydrogen-bond donors (Lipinski definition) is 1. The summed E-state index contributed by atoms with van der Waals surface area (Å²) in [5.74, 6) is 0. The summed E-state index contributed by atoms with van der Waals surface area (Å²) in [6.07, 6.45) is 0.645. The van der Waals surface area contributed by atoms with Crippen molar-refractivity contribution in [2.24, 2.45) is 5.41 Å². The van der Waals surface area contributed by atoms with Crippen molar-refractivity contribution < 1.29 is 9.53 Å². The number of alkyl carbamates (subject to hydrolysis) is 1. The number of carbonyl (C=O) groups excluding carboxylic acids is 1. The molecule has 1 aromatic rings. The Morgan fingerprint density at radius 1 is 1.10 bits per heavy atom. The van der Waals surface area contributed by atoms with Gasteiger partial charge in [-0.3, -0.25) is 0 Å². The monoisotopic (exact) mass is 277 g/mol. The first-order valence-electron chi connectivity index (χ1n) is 7.10. The Bertz CT molecular complexity index is 453. The van der Waals surface area contributed by atoms with Crippen LogP contribution in [0.3, 0.4) is 0 Å². The summed E-state index contributed by atoms with van der Waals surface area (Å²) in [7, 11) is 0. The van der Waals surface area contributed by atoms with Crippen molar-refractivity contribution in [1.82, 2.24) is 5.32 Å². The molecule has 20 heavy (non-hydrogen) atoms. The molecule has 0 spiro atoms. The van der Waals surface area contributed by atoms with Gasteiger partial charge in [-0.05, 0) is 43.7 Å². The Hall–Kier alpha value is -1.51. The largest absolute Gasteiger partial charge is 0.444 e. The van der Waals surface area contributed by atoms with Gasteiger partial charge in [0.15, 0.2) is 0 Å². The number of rotatable bonds is 3. The van der Waals surface area contributed by atoms with Crippen LogP contribution in [-0.2, 0) is 17.7 Å². The lowest BCUT2D eigenvalue weighted by atomic mass is 9.88. The van der Waals surface area contributed by atoms with Crippen LogP contribution < -0.4 is 5.32 Å². The highest BCUT2D eigenvalue weighted by molar-refractivity contribution is 5.67. The van der Waals surface area contributed by atoms with Crippen LogP contribution in [-0.4, -0.2) is 11.7 Å². The van der Waals surface area contributed by atoms with Crippen LogP contribution in [0, 0.1) is 5.41 Å². The summed E-state index contributed by atoms with van der Waals surface area (Å²) in [5, 5.41) is 2.78. The third-order valence-corrected chi connectivity index (χ3v) is 2.56.